The van der Waals surface area contributed by atoms with Crippen molar-refractivity contribution in [1.29, 1.82) is 0 Å². The summed E-state index contributed by atoms with van der Waals surface area (Å²) in [5.74, 6) is 0.154. The summed E-state index contributed by atoms with van der Waals surface area (Å²) in [6.07, 6.45) is 0.515. The van der Waals surface area contributed by atoms with Gasteiger partial charge in [0.15, 0.2) is 0 Å². The van der Waals surface area contributed by atoms with Crippen LogP contribution in [-0.4, -0.2) is 42.9 Å². The Bertz CT molecular complexity index is 198. The zero-order valence-electron chi connectivity index (χ0n) is 10.4. The second-order valence-corrected chi connectivity index (χ2v) is 4.52. The summed E-state index contributed by atoms with van der Waals surface area (Å²) >= 11 is 0. The van der Waals surface area contributed by atoms with Crippen LogP contribution in [0.4, 0.5) is 0 Å². The van der Waals surface area contributed by atoms with E-state index in [2.05, 4.69) is 19.2 Å². The summed E-state index contributed by atoms with van der Waals surface area (Å²) in [4.78, 5) is 10.4. The Hall–Kier alpha value is -0.650. The SMILES string of the molecule is CC(C)CC(C)OCC(O)CNCC(N)=O. The van der Waals surface area contributed by atoms with Gasteiger partial charge in [-0.15, -0.1) is 0 Å². The highest BCUT2D eigenvalue weighted by Crippen LogP contribution is 2.07. The maximum absolute atomic E-state index is 10.4. The molecule has 0 aliphatic heterocycles. The highest BCUT2D eigenvalue weighted by Gasteiger charge is 2.09. The van der Waals surface area contributed by atoms with E-state index >= 15 is 0 Å². The van der Waals surface area contributed by atoms with Gasteiger partial charge in [0, 0.05) is 6.54 Å². The molecule has 2 atom stereocenters. The minimum Gasteiger partial charge on any atom is -0.389 e. The third kappa shape index (κ3) is 9.89. The number of aliphatic hydroxyl groups is 1. The van der Waals surface area contributed by atoms with Gasteiger partial charge in [-0.2, -0.15) is 0 Å². The van der Waals surface area contributed by atoms with Gasteiger partial charge in [-0.25, -0.2) is 0 Å². The first kappa shape index (κ1) is 15.3. The number of primary amides is 1. The van der Waals surface area contributed by atoms with Gasteiger partial charge in [-0.3, -0.25) is 4.79 Å². The van der Waals surface area contributed by atoms with Crippen molar-refractivity contribution >= 4 is 5.91 Å². The minimum absolute atomic E-state index is 0.0820. The average molecular weight is 232 g/mol. The summed E-state index contributed by atoms with van der Waals surface area (Å²) in [6, 6.07) is 0. The standard InChI is InChI=1S/C11H24N2O3/c1-8(2)4-9(3)16-7-10(14)5-13-6-11(12)15/h8-10,13-14H,4-7H2,1-3H3,(H2,12,15). The Balaban J connectivity index is 3.49. The first-order valence-electron chi connectivity index (χ1n) is 5.70. The van der Waals surface area contributed by atoms with E-state index in [0.717, 1.165) is 6.42 Å². The number of carbonyl (C=O) groups is 1. The Kier molecular flexibility index (Phi) is 8.15. The second-order valence-electron chi connectivity index (χ2n) is 4.52. The Morgan fingerprint density at radius 2 is 2.06 bits per heavy atom. The number of ether oxygens (including phenoxy) is 1. The van der Waals surface area contributed by atoms with Crippen LogP contribution in [0.1, 0.15) is 27.2 Å². The molecule has 0 rings (SSSR count). The molecule has 1 amide bonds. The van der Waals surface area contributed by atoms with Crippen LogP contribution in [0, 0.1) is 5.92 Å². The van der Waals surface area contributed by atoms with Crippen LogP contribution in [-0.2, 0) is 9.53 Å². The zero-order chi connectivity index (χ0) is 12.6. The molecule has 0 aliphatic rings. The zero-order valence-corrected chi connectivity index (χ0v) is 10.4. The van der Waals surface area contributed by atoms with Crippen LogP contribution in [0.2, 0.25) is 0 Å². The van der Waals surface area contributed by atoms with Crippen LogP contribution in [0.25, 0.3) is 0 Å². The topological polar surface area (TPSA) is 84.6 Å². The Morgan fingerprint density at radius 3 is 2.56 bits per heavy atom. The van der Waals surface area contributed by atoms with Crippen molar-refractivity contribution in [3.8, 4) is 0 Å². The molecule has 4 N–H and O–H groups in total. The van der Waals surface area contributed by atoms with Crippen molar-refractivity contribution in [3.63, 3.8) is 0 Å². The molecule has 0 aromatic rings. The van der Waals surface area contributed by atoms with Crippen molar-refractivity contribution in [2.24, 2.45) is 11.7 Å². The normalized spacial score (nSPS) is 15.1. The predicted molar refractivity (Wildman–Crippen MR) is 62.9 cm³/mol. The lowest BCUT2D eigenvalue weighted by atomic mass is 10.1. The lowest BCUT2D eigenvalue weighted by Gasteiger charge is -2.18. The van der Waals surface area contributed by atoms with Crippen molar-refractivity contribution in [2.45, 2.75) is 39.4 Å². The lowest BCUT2D eigenvalue weighted by Crippen LogP contribution is -2.36. The Labute approximate surface area is 97.3 Å². The summed E-state index contributed by atoms with van der Waals surface area (Å²) in [5, 5.41) is 12.3. The van der Waals surface area contributed by atoms with Gasteiger partial charge < -0.3 is 20.9 Å². The largest absolute Gasteiger partial charge is 0.389 e. The van der Waals surface area contributed by atoms with E-state index in [4.69, 9.17) is 10.5 Å². The maximum Gasteiger partial charge on any atom is 0.231 e. The molecule has 5 nitrogen and oxygen atoms in total. The van der Waals surface area contributed by atoms with Gasteiger partial charge in [0.1, 0.15) is 0 Å². The fraction of sp³-hybridized carbons (Fsp3) is 0.909. The number of nitrogens with two attached hydrogens (primary N) is 1. The molecule has 0 saturated heterocycles. The van der Waals surface area contributed by atoms with Gasteiger partial charge in [0.25, 0.3) is 0 Å². The monoisotopic (exact) mass is 232 g/mol. The number of hydrogen-bond acceptors (Lipinski definition) is 4. The third-order valence-corrected chi connectivity index (χ3v) is 2.06. The minimum atomic E-state index is -0.603. The van der Waals surface area contributed by atoms with Gasteiger partial charge >= 0.3 is 0 Å². The molecular formula is C11H24N2O3. The van der Waals surface area contributed by atoms with E-state index in [-0.39, 0.29) is 19.3 Å². The van der Waals surface area contributed by atoms with Crippen molar-refractivity contribution in [2.75, 3.05) is 19.7 Å². The van der Waals surface area contributed by atoms with Crippen LogP contribution >= 0.6 is 0 Å². The molecule has 16 heavy (non-hydrogen) atoms. The molecule has 5 heteroatoms. The molecule has 2 unspecified atom stereocenters. The number of aliphatic hydroxyl groups excluding tert-OH is 1. The average Bonchev–Trinajstić information content (AvgIpc) is 2.13. The fourth-order valence-corrected chi connectivity index (χ4v) is 1.43. The van der Waals surface area contributed by atoms with Crippen LogP contribution in [0.3, 0.4) is 0 Å². The van der Waals surface area contributed by atoms with E-state index in [1.54, 1.807) is 0 Å². The first-order valence-corrected chi connectivity index (χ1v) is 5.70. The number of amides is 1. The number of hydrogen-bond donors (Lipinski definition) is 3. The van der Waals surface area contributed by atoms with E-state index in [0.29, 0.717) is 12.5 Å². The van der Waals surface area contributed by atoms with Gasteiger partial charge in [-0.1, -0.05) is 13.8 Å². The predicted octanol–water partition coefficient (Wildman–Crippen LogP) is -0.127. The van der Waals surface area contributed by atoms with Gasteiger partial charge in [0.05, 0.1) is 25.4 Å². The van der Waals surface area contributed by atoms with Crippen molar-refractivity contribution in [3.05, 3.63) is 0 Å². The van der Waals surface area contributed by atoms with E-state index in [1.165, 1.54) is 0 Å². The van der Waals surface area contributed by atoms with Crippen LogP contribution < -0.4 is 11.1 Å². The molecule has 0 saturated carbocycles. The van der Waals surface area contributed by atoms with Gasteiger partial charge in [0.2, 0.25) is 5.91 Å². The molecule has 0 fully saturated rings. The molecular weight excluding hydrogens is 208 g/mol. The molecule has 0 aliphatic carbocycles. The van der Waals surface area contributed by atoms with Gasteiger partial charge in [-0.05, 0) is 19.3 Å². The van der Waals surface area contributed by atoms with Crippen molar-refractivity contribution < 1.29 is 14.6 Å². The molecule has 0 spiro atoms. The molecule has 0 radical (unpaired) electrons. The van der Waals surface area contributed by atoms with E-state index in [9.17, 15) is 9.90 Å². The highest BCUT2D eigenvalue weighted by molar-refractivity contribution is 5.75. The number of nitrogens with one attached hydrogen (secondary N) is 1. The quantitative estimate of drug-likeness (QED) is 0.517. The van der Waals surface area contributed by atoms with E-state index < -0.39 is 12.0 Å². The molecule has 96 valence electrons. The Morgan fingerprint density at radius 1 is 1.44 bits per heavy atom. The second kappa shape index (κ2) is 8.50. The summed E-state index contributed by atoms with van der Waals surface area (Å²) in [6.45, 7) is 6.93. The molecule has 0 bridgehead atoms. The highest BCUT2D eigenvalue weighted by atomic mass is 16.5. The van der Waals surface area contributed by atoms with Crippen LogP contribution in [0.5, 0.6) is 0 Å². The van der Waals surface area contributed by atoms with Crippen molar-refractivity contribution in [1.82, 2.24) is 5.32 Å². The summed E-state index contributed by atoms with van der Waals surface area (Å²) in [5.41, 5.74) is 4.94. The van der Waals surface area contributed by atoms with Crippen LogP contribution in [0.15, 0.2) is 0 Å². The molecule has 0 aromatic carbocycles. The first-order chi connectivity index (χ1) is 7.41. The number of carbonyl (C=O) groups excluding carboxylic acids is 1. The summed E-state index contributed by atoms with van der Waals surface area (Å²) in [7, 11) is 0. The van der Waals surface area contributed by atoms with E-state index in [1.807, 2.05) is 6.92 Å². The lowest BCUT2D eigenvalue weighted by molar-refractivity contribution is -0.117. The third-order valence-electron chi connectivity index (χ3n) is 2.06. The fourth-order valence-electron chi connectivity index (χ4n) is 1.43. The molecule has 0 heterocycles. The number of rotatable bonds is 9. The maximum atomic E-state index is 10.4. The molecule has 0 aromatic heterocycles. The summed E-state index contributed by atoms with van der Waals surface area (Å²) < 4.78 is 5.47. The smallest absolute Gasteiger partial charge is 0.231 e.